The maximum Gasteiger partial charge on any atom is 0.416 e. The Balaban J connectivity index is 1.31. The van der Waals surface area contributed by atoms with Gasteiger partial charge in [-0.25, -0.2) is 4.39 Å². The number of hydrogen-bond donors (Lipinski definition) is 0. The molecule has 0 bridgehead atoms. The summed E-state index contributed by atoms with van der Waals surface area (Å²) in [5.74, 6) is -1.34. The quantitative estimate of drug-likeness (QED) is 0.130. The average Bonchev–Trinajstić information content (AvgIpc) is 3.21. The van der Waals surface area contributed by atoms with Crippen molar-refractivity contribution in [2.75, 3.05) is 27.9 Å². The molecule has 0 fully saturated rings. The van der Waals surface area contributed by atoms with Crippen LogP contribution in [0.4, 0.5) is 17.6 Å². The normalized spacial score (nSPS) is 16.8. The topological polar surface area (TPSA) is 112 Å². The van der Waals surface area contributed by atoms with Gasteiger partial charge in [0.1, 0.15) is 5.82 Å². The van der Waals surface area contributed by atoms with Crippen molar-refractivity contribution in [2.45, 2.75) is 50.9 Å². The molecule has 2 unspecified atom stereocenters. The van der Waals surface area contributed by atoms with Crippen LogP contribution in [-0.2, 0) is 38.2 Å². The largest absolute Gasteiger partial charge is 0.493 e. The van der Waals surface area contributed by atoms with Crippen LogP contribution in [0.25, 0.3) is 5.57 Å². The number of halogens is 5. The molecule has 0 N–H and O–H groups in total. The molecular formula is C44H39BrF4N2O8. The van der Waals surface area contributed by atoms with E-state index in [1.807, 2.05) is 6.92 Å². The van der Waals surface area contributed by atoms with E-state index in [2.05, 4.69) is 15.9 Å². The second kappa shape index (κ2) is 17.9. The number of methoxy groups -OCH3 is 3. The van der Waals surface area contributed by atoms with Gasteiger partial charge in [-0.3, -0.25) is 19.2 Å². The van der Waals surface area contributed by atoms with Gasteiger partial charge < -0.3 is 28.7 Å². The fraction of sp³-hybridized carbons (Fsp3) is 0.273. The highest BCUT2D eigenvalue weighted by atomic mass is 79.9. The summed E-state index contributed by atoms with van der Waals surface area (Å²) in [6.45, 7) is 2.18. The molecular weight excluding hydrogens is 840 g/mol. The minimum absolute atomic E-state index is 0.0138. The number of ether oxygens (including phenoxy) is 4. The number of amides is 2. The Hall–Kier alpha value is -5.96. The van der Waals surface area contributed by atoms with E-state index in [0.29, 0.717) is 44.8 Å². The summed E-state index contributed by atoms with van der Waals surface area (Å²) in [5, 5.41) is 0. The predicted octanol–water partition coefficient (Wildman–Crippen LogP) is 8.76. The van der Waals surface area contributed by atoms with Gasteiger partial charge in [-0.1, -0.05) is 52.3 Å². The van der Waals surface area contributed by atoms with E-state index in [-0.39, 0.29) is 59.4 Å². The number of allylic oxidation sites excluding steroid dienone is 2. The van der Waals surface area contributed by atoms with Crippen LogP contribution in [0, 0.1) is 5.82 Å². The first-order chi connectivity index (χ1) is 28.1. The maximum absolute atomic E-state index is 14.2. The summed E-state index contributed by atoms with van der Waals surface area (Å²) in [6.07, 6.45) is -1.90. The second-order valence-electron chi connectivity index (χ2n) is 13.7. The predicted molar refractivity (Wildman–Crippen MR) is 212 cm³/mol. The van der Waals surface area contributed by atoms with E-state index in [0.717, 1.165) is 12.1 Å². The Morgan fingerprint density at radius 3 is 1.90 bits per heavy atom. The highest BCUT2D eigenvalue weighted by molar-refractivity contribution is 9.10. The Morgan fingerprint density at radius 2 is 1.29 bits per heavy atom. The fourth-order valence-corrected chi connectivity index (χ4v) is 7.62. The zero-order valence-corrected chi connectivity index (χ0v) is 34.0. The molecule has 2 aliphatic rings. The summed E-state index contributed by atoms with van der Waals surface area (Å²) in [6, 6.07) is 15.8. The minimum atomic E-state index is -4.80. The van der Waals surface area contributed by atoms with Gasteiger partial charge in [0.05, 0.1) is 58.4 Å². The molecule has 0 spiro atoms. The zero-order valence-electron chi connectivity index (χ0n) is 32.4. The number of carbonyl (C=O) groups excluding carboxylic acids is 4. The molecule has 10 nitrogen and oxygen atoms in total. The van der Waals surface area contributed by atoms with E-state index < -0.39 is 42.0 Å². The highest BCUT2D eigenvalue weighted by Gasteiger charge is 2.38. The molecule has 6 rings (SSSR count). The molecule has 2 atom stereocenters. The van der Waals surface area contributed by atoms with Gasteiger partial charge >= 0.3 is 6.18 Å². The standard InChI is InChI=1S/C44H39BrF4N2O8/c1-5-59-41-17-29(34(45)22-40(41)58-4)19-43(55)51-24-32(37(53)23-36(51)27-10-12-30(46)13-11-27)25-6-8-26(9-7-25)35-20-31(52)14-15-50(35)42(54)18-28-16-38(56-2)39(57-3)21-33(28)44(47,48)49/h6-17,21-22,24,35-36H,5,18-20,23H2,1-4H3. The molecule has 2 amide bonds. The van der Waals surface area contributed by atoms with Crippen LogP contribution in [0.1, 0.15) is 65.2 Å². The minimum Gasteiger partial charge on any atom is -0.493 e. The third-order valence-corrected chi connectivity index (χ3v) is 10.8. The SMILES string of the molecule is CCOc1cc(CC(=O)N2C=C(c3ccc(C4CC(=O)C=CN4C(=O)Cc4cc(OC)c(OC)cc4C(F)(F)F)cc3)C(=O)CC2c2ccc(F)cc2)c(Br)cc1OC. The highest BCUT2D eigenvalue weighted by Crippen LogP contribution is 2.41. The molecule has 2 aliphatic heterocycles. The molecule has 308 valence electrons. The van der Waals surface area contributed by atoms with Crippen molar-refractivity contribution in [3.8, 4) is 23.0 Å². The van der Waals surface area contributed by atoms with Crippen LogP contribution in [0.3, 0.4) is 0 Å². The molecule has 15 heteroatoms. The molecule has 0 radical (unpaired) electrons. The van der Waals surface area contributed by atoms with Gasteiger partial charge in [-0.05, 0) is 77.2 Å². The molecule has 0 saturated carbocycles. The first-order valence-corrected chi connectivity index (χ1v) is 19.2. The van der Waals surface area contributed by atoms with Crippen LogP contribution in [0.15, 0.2) is 95.7 Å². The van der Waals surface area contributed by atoms with Gasteiger partial charge in [0, 0.05) is 35.3 Å². The molecule has 0 aliphatic carbocycles. The lowest BCUT2D eigenvalue weighted by atomic mass is 9.88. The van der Waals surface area contributed by atoms with Crippen molar-refractivity contribution >= 4 is 44.9 Å². The first-order valence-electron chi connectivity index (χ1n) is 18.4. The summed E-state index contributed by atoms with van der Waals surface area (Å²) < 4.78 is 78.3. The summed E-state index contributed by atoms with van der Waals surface area (Å²) >= 11 is 3.52. The third-order valence-electron chi connectivity index (χ3n) is 10.1. The van der Waals surface area contributed by atoms with Crippen LogP contribution < -0.4 is 18.9 Å². The Morgan fingerprint density at radius 1 is 0.746 bits per heavy atom. The fourth-order valence-electron chi connectivity index (χ4n) is 7.15. The Bertz CT molecular complexity index is 2330. The van der Waals surface area contributed by atoms with E-state index in [9.17, 15) is 36.7 Å². The van der Waals surface area contributed by atoms with E-state index >= 15 is 0 Å². The molecule has 4 aromatic rings. The van der Waals surface area contributed by atoms with Gasteiger partial charge in [-0.2, -0.15) is 13.2 Å². The van der Waals surface area contributed by atoms with Crippen LogP contribution >= 0.6 is 15.9 Å². The Kier molecular flexibility index (Phi) is 12.9. The van der Waals surface area contributed by atoms with Crippen LogP contribution in [-0.4, -0.2) is 61.1 Å². The van der Waals surface area contributed by atoms with Crippen molar-refractivity contribution in [3.05, 3.63) is 135 Å². The van der Waals surface area contributed by atoms with Gasteiger partial charge in [-0.15, -0.1) is 0 Å². The van der Waals surface area contributed by atoms with Crippen molar-refractivity contribution in [1.29, 1.82) is 0 Å². The number of alkyl halides is 3. The number of ketones is 2. The van der Waals surface area contributed by atoms with Crippen molar-refractivity contribution in [3.63, 3.8) is 0 Å². The van der Waals surface area contributed by atoms with Gasteiger partial charge in [0.2, 0.25) is 11.8 Å². The third kappa shape index (κ3) is 9.35. The van der Waals surface area contributed by atoms with Crippen molar-refractivity contribution < 1.29 is 55.7 Å². The molecule has 4 aromatic carbocycles. The van der Waals surface area contributed by atoms with Crippen LogP contribution in [0.2, 0.25) is 0 Å². The molecule has 0 aromatic heterocycles. The maximum atomic E-state index is 14.2. The average molecular weight is 880 g/mol. The lowest BCUT2D eigenvalue weighted by Gasteiger charge is -2.34. The van der Waals surface area contributed by atoms with E-state index in [1.54, 1.807) is 36.4 Å². The number of Topliss-reactive ketones (excluding diaryl/α,β-unsaturated/α-hetero) is 1. The number of rotatable bonds is 12. The molecule has 59 heavy (non-hydrogen) atoms. The van der Waals surface area contributed by atoms with E-state index in [4.69, 9.17) is 18.9 Å². The van der Waals surface area contributed by atoms with E-state index in [1.165, 1.54) is 73.9 Å². The number of hydrogen-bond acceptors (Lipinski definition) is 8. The van der Waals surface area contributed by atoms with Gasteiger partial charge in [0.15, 0.2) is 34.6 Å². The summed E-state index contributed by atoms with van der Waals surface area (Å²) in [5.41, 5.74) is 0.893. The lowest BCUT2D eigenvalue weighted by Crippen LogP contribution is -2.37. The number of carbonyl (C=O) groups is 4. The molecule has 2 heterocycles. The van der Waals surface area contributed by atoms with Crippen LogP contribution in [0.5, 0.6) is 23.0 Å². The zero-order chi connectivity index (χ0) is 42.6. The summed E-state index contributed by atoms with van der Waals surface area (Å²) in [4.78, 5) is 57.1. The molecule has 0 saturated heterocycles. The lowest BCUT2D eigenvalue weighted by molar-refractivity contribution is -0.139. The van der Waals surface area contributed by atoms with Gasteiger partial charge in [0.25, 0.3) is 0 Å². The first kappa shape index (κ1) is 42.6. The second-order valence-corrected chi connectivity index (χ2v) is 14.6. The smallest absolute Gasteiger partial charge is 0.416 e. The monoisotopic (exact) mass is 878 g/mol. The van der Waals surface area contributed by atoms with Crippen molar-refractivity contribution in [1.82, 2.24) is 9.80 Å². The number of benzene rings is 4. The number of nitrogens with zero attached hydrogens (tertiary/aromatic N) is 2. The summed E-state index contributed by atoms with van der Waals surface area (Å²) in [7, 11) is 3.98. The Labute approximate surface area is 346 Å². The van der Waals surface area contributed by atoms with Crippen molar-refractivity contribution in [2.24, 2.45) is 0 Å².